The first kappa shape index (κ1) is 29.8. The van der Waals surface area contributed by atoms with E-state index in [0.717, 1.165) is 4.90 Å². The van der Waals surface area contributed by atoms with Crippen molar-refractivity contribution in [1.29, 1.82) is 0 Å². The number of imide groups is 1. The summed E-state index contributed by atoms with van der Waals surface area (Å²) < 4.78 is 20.3. The number of aliphatic hydroxyl groups is 2. The van der Waals surface area contributed by atoms with Crippen LogP contribution in [0.1, 0.15) is 24.0 Å². The molecule has 3 heterocycles. The van der Waals surface area contributed by atoms with E-state index in [2.05, 4.69) is 17.2 Å². The molecule has 4 rings (SSSR count). The van der Waals surface area contributed by atoms with Crippen LogP contribution in [0.25, 0.3) is 0 Å². The van der Waals surface area contributed by atoms with Gasteiger partial charge in [0.2, 0.25) is 11.8 Å². The molecule has 0 bridgehead atoms. The largest absolute Gasteiger partial charge is 0.508 e. The number of hydrogen-bond donors (Lipinski definition) is 7. The summed E-state index contributed by atoms with van der Waals surface area (Å²) in [4.78, 5) is 40.8. The molecule has 16 heteroatoms. The molecule has 1 aromatic carbocycles. The van der Waals surface area contributed by atoms with Crippen molar-refractivity contribution in [3.05, 3.63) is 51.8 Å². The zero-order chi connectivity index (χ0) is 30.2. The fraction of sp³-hybridized carbons (Fsp3) is 0.400. The Morgan fingerprint density at radius 1 is 1.10 bits per heavy atom. The van der Waals surface area contributed by atoms with Crippen LogP contribution >= 0.6 is 0 Å². The van der Waals surface area contributed by atoms with Crippen molar-refractivity contribution in [2.75, 3.05) is 32.8 Å². The van der Waals surface area contributed by atoms with E-state index in [4.69, 9.17) is 4.74 Å². The molecule has 218 valence electrons. The van der Waals surface area contributed by atoms with Crippen LogP contribution in [0.3, 0.4) is 0 Å². The number of amides is 3. The van der Waals surface area contributed by atoms with Crippen LogP contribution in [0.4, 0.5) is 4.39 Å². The summed E-state index contributed by atoms with van der Waals surface area (Å²) in [6.07, 6.45) is -0.0275. The van der Waals surface area contributed by atoms with Crippen molar-refractivity contribution < 1.29 is 49.0 Å². The maximum atomic E-state index is 15.0. The number of phenols is 3. The number of nitrogens with zero attached hydrogens (tertiary/aromatic N) is 2. The highest BCUT2D eigenvalue weighted by molar-refractivity contribution is 6.33. The van der Waals surface area contributed by atoms with Gasteiger partial charge >= 0.3 is 0 Å². The Kier molecular flexibility index (Phi) is 8.26. The Morgan fingerprint density at radius 3 is 2.37 bits per heavy atom. The highest BCUT2D eigenvalue weighted by atomic mass is 19.1. The van der Waals surface area contributed by atoms with E-state index in [0.29, 0.717) is 26.3 Å². The lowest BCUT2D eigenvalue weighted by Crippen LogP contribution is -2.63. The summed E-state index contributed by atoms with van der Waals surface area (Å²) in [6, 6.07) is 0. The molecule has 3 amide bonds. The molecule has 1 aromatic rings. The maximum Gasteiger partial charge on any atom is 0.258 e. The zero-order valence-corrected chi connectivity index (χ0v) is 22.7. The molecule has 0 spiro atoms. The van der Waals surface area contributed by atoms with Crippen molar-refractivity contribution in [3.63, 3.8) is 0 Å². The molecule has 0 radical (unpaired) electrons. The Bertz CT molecular complexity index is 1390. The van der Waals surface area contributed by atoms with Crippen LogP contribution < -0.4 is 10.6 Å². The van der Waals surface area contributed by atoms with Crippen molar-refractivity contribution in [2.45, 2.75) is 31.4 Å². The predicted molar refractivity (Wildman–Crippen MR) is 147 cm³/mol. The first-order valence-corrected chi connectivity index (χ1v) is 12.9. The molecular weight excluding hydrogens is 541 g/mol. The van der Waals surface area contributed by atoms with Crippen LogP contribution in [-0.2, 0) is 32.2 Å². The van der Waals surface area contributed by atoms with E-state index >= 15 is 0 Å². The summed E-state index contributed by atoms with van der Waals surface area (Å²) in [6.45, 7) is 4.46. The van der Waals surface area contributed by atoms with Gasteiger partial charge in [0, 0.05) is 38.2 Å². The van der Waals surface area contributed by atoms with Crippen LogP contribution in [0.15, 0.2) is 34.8 Å². The van der Waals surface area contributed by atoms with E-state index in [1.807, 2.05) is 4.90 Å². The van der Waals surface area contributed by atoms with Gasteiger partial charge in [0.1, 0.15) is 27.2 Å². The lowest BCUT2D eigenvalue weighted by Gasteiger charge is -2.39. The minimum absolute atomic E-state index is 0.00375. The molecule has 0 saturated carbocycles. The van der Waals surface area contributed by atoms with Gasteiger partial charge in [0.25, 0.3) is 5.91 Å². The van der Waals surface area contributed by atoms with Crippen molar-refractivity contribution >= 4 is 33.4 Å². The number of aromatic hydroxyl groups is 3. The number of allylic oxidation sites excluding steroid dienone is 1. The number of carbonyl (C=O) groups excluding carboxylic acids is 3. The minimum atomic E-state index is -1.48. The molecule has 0 aliphatic carbocycles. The van der Waals surface area contributed by atoms with E-state index in [1.54, 1.807) is 0 Å². The quantitative estimate of drug-likeness (QED) is 0.0487. The number of phenolic OH excluding ortho intramolecular Hbond substituents is 3. The molecule has 3 saturated heterocycles. The smallest absolute Gasteiger partial charge is 0.258 e. The van der Waals surface area contributed by atoms with Gasteiger partial charge in [0.05, 0.1) is 41.9 Å². The molecule has 1 atom stereocenters. The third-order valence-corrected chi connectivity index (χ3v) is 7.65. The van der Waals surface area contributed by atoms with E-state index in [-0.39, 0.29) is 48.1 Å². The molecule has 13 nitrogen and oxygen atoms in total. The predicted octanol–water partition coefficient (Wildman–Crippen LogP) is -1.80. The first-order chi connectivity index (χ1) is 19.3. The van der Waals surface area contributed by atoms with Gasteiger partial charge in [-0.2, -0.15) is 0 Å². The number of aliphatic hydroxyl groups excluding tert-OH is 2. The summed E-state index contributed by atoms with van der Waals surface area (Å²) in [5.74, 6) is -7.10. The first-order valence-electron chi connectivity index (χ1n) is 12.9. The molecule has 3 fully saturated rings. The number of ether oxygens (including phenoxy) is 1. The Balaban J connectivity index is 1.68. The molecule has 41 heavy (non-hydrogen) atoms. The summed E-state index contributed by atoms with van der Waals surface area (Å²) in [5, 5.41) is 57.8. The summed E-state index contributed by atoms with van der Waals surface area (Å²) in [7, 11) is 2.88. The maximum absolute atomic E-state index is 15.0. The second-order valence-electron chi connectivity index (χ2n) is 10.4. The molecule has 3 aliphatic heterocycles. The highest BCUT2D eigenvalue weighted by Crippen LogP contribution is 2.42. The van der Waals surface area contributed by atoms with E-state index in [9.17, 15) is 44.3 Å². The fourth-order valence-electron chi connectivity index (χ4n) is 5.04. The van der Waals surface area contributed by atoms with Crippen molar-refractivity contribution in [1.82, 2.24) is 20.4 Å². The number of benzene rings is 1. The summed E-state index contributed by atoms with van der Waals surface area (Å²) >= 11 is 0. The molecule has 1 unspecified atom stereocenters. The van der Waals surface area contributed by atoms with Crippen LogP contribution in [0.2, 0.25) is 0 Å². The number of halogens is 1. The molecule has 7 N–H and O–H groups in total. The number of morpholine rings is 1. The number of rotatable bonds is 7. The van der Waals surface area contributed by atoms with Gasteiger partial charge in [-0.1, -0.05) is 5.47 Å². The van der Waals surface area contributed by atoms with Gasteiger partial charge in [-0.15, -0.1) is 6.58 Å². The molecule has 0 aromatic heterocycles. The lowest BCUT2D eigenvalue weighted by molar-refractivity contribution is -0.145. The van der Waals surface area contributed by atoms with Crippen molar-refractivity contribution in [3.8, 4) is 17.2 Å². The number of carbonyl (C=O) groups is 3. The number of hydrogen-bond acceptors (Lipinski definition) is 11. The van der Waals surface area contributed by atoms with Crippen LogP contribution in [-0.4, -0.2) is 107 Å². The zero-order valence-electron chi connectivity index (χ0n) is 22.7. The average Bonchev–Trinajstić information content (AvgIpc) is 3.29. The van der Waals surface area contributed by atoms with E-state index in [1.165, 1.54) is 15.7 Å². The van der Waals surface area contributed by atoms with Gasteiger partial charge < -0.3 is 40.5 Å². The van der Waals surface area contributed by atoms with Crippen molar-refractivity contribution in [2.24, 2.45) is 0 Å². The Labute approximate surface area is 236 Å². The second-order valence-corrected chi connectivity index (χ2v) is 10.4. The minimum Gasteiger partial charge on any atom is -0.508 e. The molecule has 3 aliphatic rings. The average molecular weight is 572 g/mol. The van der Waals surface area contributed by atoms with Gasteiger partial charge in [-0.05, 0) is 6.42 Å². The standard InChI is InChI=1S/C25H31B2FN4O9/c1-11(26)18(34)16-13(10-32(23(16)39)25(27)3-2-15(33)30-24(25)40)22(38)29-8-12-17(28)21(37)20(36)14(19(12)35)9-31-4-6-41-7-5-31/h29,34-38H,1-10,26-27H2,(H,30,33,40)/b18-16-,22-13-. The molecular formula is C25H31B2FN4O9. The van der Waals surface area contributed by atoms with Gasteiger partial charge in [0.15, 0.2) is 23.2 Å². The van der Waals surface area contributed by atoms with Crippen LogP contribution in [0.5, 0.6) is 17.2 Å². The van der Waals surface area contributed by atoms with Crippen LogP contribution in [0, 0.1) is 5.82 Å². The van der Waals surface area contributed by atoms with Gasteiger partial charge in [-0.3, -0.25) is 24.6 Å². The monoisotopic (exact) mass is 572 g/mol. The number of likely N-dealkylation sites (tertiary alicyclic amines) is 1. The SMILES string of the molecule is BC(=C)/C(O)=C1/C(=O)N(C2(B)CCC(=O)NC2=O)C/C1=C(/O)NCc1c(O)c(CN2CCOCC2)c(O)c(O)c1F. The number of nitrogens with one attached hydrogen (secondary N) is 2. The fourth-order valence-corrected chi connectivity index (χ4v) is 5.04. The third-order valence-electron chi connectivity index (χ3n) is 7.65. The number of piperidine rings is 1. The Morgan fingerprint density at radius 2 is 1.76 bits per heavy atom. The van der Waals surface area contributed by atoms with Gasteiger partial charge in [-0.25, -0.2) is 4.39 Å². The van der Waals surface area contributed by atoms with E-state index < -0.39 is 70.0 Å². The topological polar surface area (TPSA) is 192 Å². The summed E-state index contributed by atoms with van der Waals surface area (Å²) in [5.41, 5.74) is -2.46. The second kappa shape index (κ2) is 11.4. The highest BCUT2D eigenvalue weighted by Gasteiger charge is 2.50. The third kappa shape index (κ3) is 5.44. The Hall–Kier alpha value is -4.17. The normalized spacial score (nSPS) is 24.3. The lowest BCUT2D eigenvalue weighted by atomic mass is 9.70.